The fourth-order valence-corrected chi connectivity index (χ4v) is 4.13. The minimum absolute atomic E-state index is 0.0812. The summed E-state index contributed by atoms with van der Waals surface area (Å²) in [5, 5.41) is 3.29. The van der Waals surface area contributed by atoms with Gasteiger partial charge in [0.15, 0.2) is 5.78 Å². The van der Waals surface area contributed by atoms with Crippen LogP contribution in [0.3, 0.4) is 0 Å². The van der Waals surface area contributed by atoms with Crippen LogP contribution in [0, 0.1) is 0 Å². The molecule has 0 bridgehead atoms. The van der Waals surface area contributed by atoms with Gasteiger partial charge in [-0.2, -0.15) is 26.3 Å². The number of aryl methyl sites for hydroxylation is 1. The van der Waals surface area contributed by atoms with Gasteiger partial charge < -0.3 is 4.90 Å². The molecule has 6 nitrogen and oxygen atoms in total. The Morgan fingerprint density at radius 1 is 0.923 bits per heavy atom. The highest BCUT2D eigenvalue weighted by atomic mass is 35.5. The molecule has 1 amide bonds. The van der Waals surface area contributed by atoms with Gasteiger partial charge in [0.05, 0.1) is 23.4 Å². The molecule has 39 heavy (non-hydrogen) atoms. The van der Waals surface area contributed by atoms with Crippen molar-refractivity contribution in [2.24, 2.45) is 0 Å². The van der Waals surface area contributed by atoms with E-state index in [9.17, 15) is 40.7 Å². The lowest BCUT2D eigenvalue weighted by atomic mass is 10.0. The molecule has 3 aromatic rings. The van der Waals surface area contributed by atoms with Crippen molar-refractivity contribution in [2.45, 2.75) is 45.5 Å². The predicted molar refractivity (Wildman–Crippen MR) is 132 cm³/mol. The monoisotopic (exact) mass is 575 g/mol. The Morgan fingerprint density at radius 2 is 1.49 bits per heavy atom. The lowest BCUT2D eigenvalue weighted by Gasteiger charge is -2.22. The molecule has 0 atom stereocenters. The summed E-state index contributed by atoms with van der Waals surface area (Å²) in [5.74, 6) is -2.01. The number of ketones is 1. The van der Waals surface area contributed by atoms with Gasteiger partial charge >= 0.3 is 12.4 Å². The van der Waals surface area contributed by atoms with Crippen LogP contribution in [0.2, 0.25) is 5.02 Å². The lowest BCUT2D eigenvalue weighted by molar-refractivity contribution is -0.143. The van der Waals surface area contributed by atoms with Crippen LogP contribution in [0.5, 0.6) is 0 Å². The Morgan fingerprint density at radius 3 is 1.97 bits per heavy atom. The second-order valence-corrected chi connectivity index (χ2v) is 9.21. The third-order valence-electron chi connectivity index (χ3n) is 5.78. The van der Waals surface area contributed by atoms with E-state index in [4.69, 9.17) is 11.6 Å². The zero-order valence-corrected chi connectivity index (χ0v) is 21.6. The SMILES string of the molecule is CCCc1[nH]n(-c2ccc(Cl)cc2)c(=O)c1C(=O)CN(CCC)C(=O)c1cc(C(F)(F)F)cc(C(F)(F)F)c1. The normalized spacial score (nSPS) is 12.0. The highest BCUT2D eigenvalue weighted by Gasteiger charge is 2.38. The van der Waals surface area contributed by atoms with Crippen molar-refractivity contribution in [1.29, 1.82) is 0 Å². The van der Waals surface area contributed by atoms with Gasteiger partial charge in [-0.05, 0) is 55.3 Å². The number of nitrogens with one attached hydrogen (secondary N) is 1. The molecule has 2 aromatic carbocycles. The molecule has 1 aromatic heterocycles. The van der Waals surface area contributed by atoms with E-state index < -0.39 is 52.8 Å². The van der Waals surface area contributed by atoms with Crippen molar-refractivity contribution >= 4 is 23.3 Å². The number of benzene rings is 2. The number of halogens is 7. The van der Waals surface area contributed by atoms with Crippen LogP contribution in [0.4, 0.5) is 26.3 Å². The van der Waals surface area contributed by atoms with Crippen LogP contribution >= 0.6 is 11.6 Å². The molecule has 0 radical (unpaired) electrons. The molecule has 0 aliphatic heterocycles. The van der Waals surface area contributed by atoms with Crippen molar-refractivity contribution in [2.75, 3.05) is 13.1 Å². The molecule has 1 heterocycles. The number of aromatic amines is 1. The molecule has 210 valence electrons. The first-order valence-corrected chi connectivity index (χ1v) is 12.3. The minimum Gasteiger partial charge on any atom is -0.331 e. The molecular formula is C26H24ClF6N3O3. The summed E-state index contributed by atoms with van der Waals surface area (Å²) in [7, 11) is 0. The van der Waals surface area contributed by atoms with Crippen LogP contribution in [0.15, 0.2) is 47.3 Å². The number of alkyl halides is 6. The minimum atomic E-state index is -5.14. The Hall–Kier alpha value is -3.54. The van der Waals surface area contributed by atoms with Gasteiger partial charge in [0.1, 0.15) is 5.56 Å². The van der Waals surface area contributed by atoms with E-state index in [2.05, 4.69) is 5.10 Å². The molecule has 0 spiro atoms. The van der Waals surface area contributed by atoms with E-state index in [1.807, 2.05) is 6.92 Å². The second kappa shape index (κ2) is 11.7. The van der Waals surface area contributed by atoms with Gasteiger partial charge in [0, 0.05) is 22.8 Å². The Kier molecular flexibility index (Phi) is 8.99. The summed E-state index contributed by atoms with van der Waals surface area (Å²) in [5.41, 5.74) is -4.47. The summed E-state index contributed by atoms with van der Waals surface area (Å²) in [6.07, 6.45) is -9.21. The number of rotatable bonds is 9. The lowest BCUT2D eigenvalue weighted by Crippen LogP contribution is -2.38. The number of Topliss-reactive ketones (excluding diaryl/α,β-unsaturated/α-hetero) is 1. The highest BCUT2D eigenvalue weighted by molar-refractivity contribution is 6.30. The number of H-pyrrole nitrogens is 1. The smallest absolute Gasteiger partial charge is 0.331 e. The van der Waals surface area contributed by atoms with Gasteiger partial charge in [-0.3, -0.25) is 19.5 Å². The number of hydrogen-bond acceptors (Lipinski definition) is 3. The first-order chi connectivity index (χ1) is 18.2. The van der Waals surface area contributed by atoms with E-state index in [-0.39, 0.29) is 30.3 Å². The van der Waals surface area contributed by atoms with Crippen molar-refractivity contribution < 1.29 is 35.9 Å². The topological polar surface area (TPSA) is 75.2 Å². The second-order valence-electron chi connectivity index (χ2n) is 8.78. The number of carbonyl (C=O) groups excluding carboxylic acids is 2. The Labute approximate surface area is 224 Å². The molecule has 0 aliphatic carbocycles. The third-order valence-corrected chi connectivity index (χ3v) is 6.03. The first kappa shape index (κ1) is 30.0. The summed E-state index contributed by atoms with van der Waals surface area (Å²) in [4.78, 5) is 40.5. The van der Waals surface area contributed by atoms with Gasteiger partial charge in [-0.1, -0.05) is 31.9 Å². The van der Waals surface area contributed by atoms with E-state index in [1.165, 1.54) is 12.1 Å². The molecular weight excluding hydrogens is 552 g/mol. The van der Waals surface area contributed by atoms with Gasteiger partial charge in [0.2, 0.25) is 0 Å². The first-order valence-electron chi connectivity index (χ1n) is 11.9. The van der Waals surface area contributed by atoms with Crippen molar-refractivity contribution in [3.05, 3.63) is 85.8 Å². The van der Waals surface area contributed by atoms with Crippen LogP contribution in [-0.2, 0) is 18.8 Å². The van der Waals surface area contributed by atoms with Crippen LogP contribution in [-0.4, -0.2) is 39.5 Å². The fourth-order valence-electron chi connectivity index (χ4n) is 4.01. The van der Waals surface area contributed by atoms with Gasteiger partial charge in [-0.25, -0.2) is 4.68 Å². The number of hydrogen-bond donors (Lipinski definition) is 1. The molecule has 1 N–H and O–H groups in total. The van der Waals surface area contributed by atoms with E-state index in [1.54, 1.807) is 19.1 Å². The molecule has 3 rings (SSSR count). The highest BCUT2D eigenvalue weighted by Crippen LogP contribution is 2.36. The summed E-state index contributed by atoms with van der Waals surface area (Å²) in [6, 6.07) is 6.72. The molecule has 13 heteroatoms. The van der Waals surface area contributed by atoms with Crippen LogP contribution in [0.1, 0.15) is 64.2 Å². The number of nitrogens with zero attached hydrogens (tertiary/aromatic N) is 2. The Balaban J connectivity index is 2.02. The maximum Gasteiger partial charge on any atom is 0.416 e. The van der Waals surface area contributed by atoms with E-state index >= 15 is 0 Å². The predicted octanol–water partition coefficient (Wildman–Crippen LogP) is 6.54. The van der Waals surface area contributed by atoms with Crippen molar-refractivity contribution in [3.8, 4) is 5.69 Å². The van der Waals surface area contributed by atoms with Crippen molar-refractivity contribution in [1.82, 2.24) is 14.7 Å². The molecule has 0 unspecified atom stereocenters. The maximum absolute atomic E-state index is 13.3. The van der Waals surface area contributed by atoms with E-state index in [0.29, 0.717) is 35.7 Å². The molecule has 0 saturated heterocycles. The molecule has 0 saturated carbocycles. The largest absolute Gasteiger partial charge is 0.416 e. The van der Waals surface area contributed by atoms with Crippen LogP contribution < -0.4 is 5.56 Å². The standard InChI is InChI=1S/C26H24ClF6N3O3/c1-3-5-20-22(24(39)36(34-20)19-8-6-18(27)7-9-19)21(37)14-35(10-4-2)23(38)15-11-16(25(28,29)30)13-17(12-15)26(31,32)33/h6-9,11-13,34H,3-5,10,14H2,1-2H3. The Bertz CT molecular complexity index is 1380. The maximum atomic E-state index is 13.3. The zero-order chi connectivity index (χ0) is 29.1. The van der Waals surface area contributed by atoms with Gasteiger partial charge in [-0.15, -0.1) is 0 Å². The quantitative estimate of drug-likeness (QED) is 0.232. The van der Waals surface area contributed by atoms with Crippen LogP contribution in [0.25, 0.3) is 5.69 Å². The average Bonchev–Trinajstić information content (AvgIpc) is 3.18. The number of aromatic nitrogens is 2. The van der Waals surface area contributed by atoms with Crippen molar-refractivity contribution in [3.63, 3.8) is 0 Å². The fraction of sp³-hybridized carbons (Fsp3) is 0.346. The third kappa shape index (κ3) is 6.92. The zero-order valence-electron chi connectivity index (χ0n) is 20.8. The molecule has 0 aliphatic rings. The summed E-state index contributed by atoms with van der Waals surface area (Å²) in [6.45, 7) is 2.55. The number of amides is 1. The van der Waals surface area contributed by atoms with Gasteiger partial charge in [0.25, 0.3) is 11.5 Å². The molecule has 0 fully saturated rings. The summed E-state index contributed by atoms with van der Waals surface area (Å²) >= 11 is 5.90. The average molecular weight is 576 g/mol. The van der Waals surface area contributed by atoms with E-state index in [0.717, 1.165) is 9.58 Å². The number of carbonyl (C=O) groups is 2. The summed E-state index contributed by atoms with van der Waals surface area (Å²) < 4.78 is 81.0.